The number of nitrogens with zero attached hydrogens (tertiary/aromatic N) is 2. The lowest BCUT2D eigenvalue weighted by Crippen LogP contribution is -2.51. The van der Waals surface area contributed by atoms with Gasteiger partial charge in [-0.25, -0.2) is 10.3 Å². The normalized spacial score (nSPS) is 26.7. The smallest absolute Gasteiger partial charge is 0.330 e. The van der Waals surface area contributed by atoms with Crippen molar-refractivity contribution in [1.82, 2.24) is 9.55 Å². The first-order valence-electron chi connectivity index (χ1n) is 10.1. The van der Waals surface area contributed by atoms with Crippen LogP contribution in [0.1, 0.15) is 51.3 Å². The molecular formula is C19H32N4O6. The zero-order chi connectivity index (χ0) is 21.4. The number of aromatic amines is 1. The van der Waals surface area contributed by atoms with Gasteiger partial charge >= 0.3 is 5.69 Å². The van der Waals surface area contributed by atoms with E-state index in [2.05, 4.69) is 10.1 Å². The molecule has 3 N–H and O–H groups in total. The molecule has 0 bridgehead atoms. The first-order chi connectivity index (χ1) is 13.9. The number of hydrogen-bond acceptors (Lipinski definition) is 8. The van der Waals surface area contributed by atoms with E-state index in [1.165, 1.54) is 10.8 Å². The number of aliphatic hydroxyl groups is 1. The van der Waals surface area contributed by atoms with Crippen molar-refractivity contribution in [2.45, 2.75) is 70.4 Å². The van der Waals surface area contributed by atoms with Gasteiger partial charge in [0.25, 0.3) is 5.56 Å². The average molecular weight is 412 g/mol. The van der Waals surface area contributed by atoms with Crippen LogP contribution in [0, 0.1) is 12.5 Å². The molecule has 4 atom stereocenters. The van der Waals surface area contributed by atoms with Gasteiger partial charge in [-0.2, -0.15) is 5.11 Å². The summed E-state index contributed by atoms with van der Waals surface area (Å²) in [5.74, 6) is 0. The van der Waals surface area contributed by atoms with Gasteiger partial charge in [-0.15, -0.1) is 0 Å². The van der Waals surface area contributed by atoms with Crippen molar-refractivity contribution in [2.24, 2.45) is 5.11 Å². The van der Waals surface area contributed by atoms with Gasteiger partial charge < -0.3 is 19.3 Å². The summed E-state index contributed by atoms with van der Waals surface area (Å²) in [6.45, 7) is 6.16. The molecule has 0 spiro atoms. The zero-order valence-electron chi connectivity index (χ0n) is 17.3. The van der Waals surface area contributed by atoms with Crippen LogP contribution in [-0.2, 0) is 14.2 Å². The number of aliphatic hydroxyl groups excluding tert-OH is 1. The number of H-pyrrole nitrogens is 1. The van der Waals surface area contributed by atoms with E-state index in [0.29, 0.717) is 18.8 Å². The summed E-state index contributed by atoms with van der Waals surface area (Å²) >= 11 is 0. The molecule has 10 heteroatoms. The van der Waals surface area contributed by atoms with Crippen molar-refractivity contribution in [1.29, 1.82) is 5.53 Å². The van der Waals surface area contributed by atoms with Crippen molar-refractivity contribution in [3.8, 4) is 0 Å². The summed E-state index contributed by atoms with van der Waals surface area (Å²) in [7, 11) is 0. The predicted molar refractivity (Wildman–Crippen MR) is 105 cm³/mol. The minimum atomic E-state index is -1.27. The van der Waals surface area contributed by atoms with E-state index >= 15 is 0 Å². The molecule has 1 unspecified atom stereocenters. The highest BCUT2D eigenvalue weighted by Crippen LogP contribution is 2.40. The number of unbranched alkanes of at least 4 members (excludes halogenated alkanes) is 2. The lowest BCUT2D eigenvalue weighted by atomic mass is 9.95. The fourth-order valence-electron chi connectivity index (χ4n) is 3.35. The van der Waals surface area contributed by atoms with Crippen molar-refractivity contribution in [3.63, 3.8) is 0 Å². The quantitative estimate of drug-likeness (QED) is 0.351. The molecule has 1 aliphatic rings. The molecule has 0 aromatic carbocycles. The number of rotatable bonds is 12. The lowest BCUT2D eigenvalue weighted by molar-refractivity contribution is -0.171. The van der Waals surface area contributed by atoms with Gasteiger partial charge in [0, 0.05) is 25.0 Å². The van der Waals surface area contributed by atoms with Crippen LogP contribution in [0.5, 0.6) is 0 Å². The molecule has 2 heterocycles. The molecule has 1 fully saturated rings. The molecule has 0 radical (unpaired) electrons. The number of aromatic nitrogens is 2. The molecule has 2 rings (SSSR count). The second kappa shape index (κ2) is 10.8. The third kappa shape index (κ3) is 5.19. The van der Waals surface area contributed by atoms with Crippen LogP contribution < -0.4 is 11.2 Å². The van der Waals surface area contributed by atoms with E-state index in [0.717, 1.165) is 25.7 Å². The molecular weight excluding hydrogens is 380 g/mol. The van der Waals surface area contributed by atoms with Crippen LogP contribution in [0.25, 0.3) is 0 Å². The van der Waals surface area contributed by atoms with Crippen molar-refractivity contribution in [3.05, 3.63) is 32.6 Å². The Labute approximate surface area is 169 Å². The maximum atomic E-state index is 12.4. The summed E-state index contributed by atoms with van der Waals surface area (Å²) < 4.78 is 19.0. The van der Waals surface area contributed by atoms with Gasteiger partial charge in [-0.3, -0.25) is 14.3 Å². The maximum absolute atomic E-state index is 12.4. The largest absolute Gasteiger partial charge is 0.393 e. The van der Waals surface area contributed by atoms with Crippen LogP contribution in [-0.4, -0.2) is 58.8 Å². The number of aryl methyl sites for hydroxylation is 1. The van der Waals surface area contributed by atoms with E-state index < -0.39 is 41.8 Å². The highest BCUT2D eigenvalue weighted by molar-refractivity contribution is 5.08. The fourth-order valence-corrected chi connectivity index (χ4v) is 3.35. The molecule has 1 saturated heterocycles. The van der Waals surface area contributed by atoms with Gasteiger partial charge in [0.15, 0.2) is 6.23 Å². The van der Waals surface area contributed by atoms with E-state index in [1.54, 1.807) is 6.92 Å². The standard InChI is InChI=1S/C19H32N4O6/c1-4-6-8-27-12-19(11-24)15(28-9-7-5-2)14(22-20)17(29-19)23-10-13(3)16(25)21-18(23)26/h10,14-15,17,20,24H,4-9,11-12H2,1-3H3,(H,21,25,26)/t14?,15-,17-,19-/m1/s1. The Morgan fingerprint density at radius 1 is 1.31 bits per heavy atom. The molecule has 1 aliphatic heterocycles. The fraction of sp³-hybridized carbons (Fsp3) is 0.789. The Morgan fingerprint density at radius 3 is 2.62 bits per heavy atom. The molecule has 164 valence electrons. The molecule has 10 nitrogen and oxygen atoms in total. The minimum Gasteiger partial charge on any atom is -0.393 e. The zero-order valence-corrected chi connectivity index (χ0v) is 17.3. The molecule has 1 aromatic rings. The van der Waals surface area contributed by atoms with Crippen LogP contribution in [0.15, 0.2) is 20.9 Å². The van der Waals surface area contributed by atoms with E-state index in [-0.39, 0.29) is 6.61 Å². The van der Waals surface area contributed by atoms with Gasteiger partial charge in [0.1, 0.15) is 17.7 Å². The first kappa shape index (κ1) is 23.4. The molecule has 29 heavy (non-hydrogen) atoms. The summed E-state index contributed by atoms with van der Waals surface area (Å²) in [6, 6.07) is -0.878. The highest BCUT2D eigenvalue weighted by atomic mass is 16.6. The van der Waals surface area contributed by atoms with E-state index in [4.69, 9.17) is 19.7 Å². The Hall–Kier alpha value is -1.88. The summed E-state index contributed by atoms with van der Waals surface area (Å²) in [6.07, 6.45) is 3.11. The van der Waals surface area contributed by atoms with Gasteiger partial charge in [-0.05, 0) is 19.8 Å². The summed E-state index contributed by atoms with van der Waals surface area (Å²) in [5, 5.41) is 13.9. The Bertz CT molecular complexity index is 779. The Balaban J connectivity index is 2.40. The summed E-state index contributed by atoms with van der Waals surface area (Å²) in [5.41, 5.74) is 5.59. The van der Waals surface area contributed by atoms with Gasteiger partial charge in [0.2, 0.25) is 0 Å². The third-order valence-corrected chi connectivity index (χ3v) is 5.10. The summed E-state index contributed by atoms with van der Waals surface area (Å²) in [4.78, 5) is 26.4. The van der Waals surface area contributed by atoms with Crippen molar-refractivity contribution >= 4 is 0 Å². The second-order valence-corrected chi connectivity index (χ2v) is 7.38. The van der Waals surface area contributed by atoms with Crippen LogP contribution in [0.3, 0.4) is 0 Å². The van der Waals surface area contributed by atoms with Crippen molar-refractivity contribution in [2.75, 3.05) is 26.4 Å². The van der Waals surface area contributed by atoms with E-state index in [1.807, 2.05) is 13.8 Å². The SMILES string of the molecule is CCCCOC[C@@]1(CO)O[C@@H](n2cc(C)c(=O)[nH]c2=O)C(N=N)[C@H]1OCCCC. The first-order valence-corrected chi connectivity index (χ1v) is 10.1. The van der Waals surface area contributed by atoms with Gasteiger partial charge in [-0.1, -0.05) is 26.7 Å². The highest BCUT2D eigenvalue weighted by Gasteiger charge is 2.57. The van der Waals surface area contributed by atoms with Crippen LogP contribution >= 0.6 is 0 Å². The van der Waals surface area contributed by atoms with Gasteiger partial charge in [0.05, 0.1) is 13.2 Å². The average Bonchev–Trinajstić information content (AvgIpc) is 3.02. The molecule has 0 amide bonds. The predicted octanol–water partition coefficient (Wildman–Crippen LogP) is 1.51. The number of hydrogen-bond donors (Lipinski definition) is 3. The number of ether oxygens (including phenoxy) is 3. The lowest BCUT2D eigenvalue weighted by Gasteiger charge is -2.32. The molecule has 0 saturated carbocycles. The molecule has 0 aliphatic carbocycles. The molecule has 1 aromatic heterocycles. The van der Waals surface area contributed by atoms with Crippen molar-refractivity contribution < 1.29 is 19.3 Å². The monoisotopic (exact) mass is 412 g/mol. The topological polar surface area (TPSA) is 139 Å². The Morgan fingerprint density at radius 2 is 2.00 bits per heavy atom. The van der Waals surface area contributed by atoms with E-state index in [9.17, 15) is 14.7 Å². The number of nitrogens with one attached hydrogen (secondary N) is 2. The van der Waals surface area contributed by atoms with Crippen LogP contribution in [0.2, 0.25) is 0 Å². The third-order valence-electron chi connectivity index (χ3n) is 5.10. The Kier molecular flexibility index (Phi) is 8.69. The maximum Gasteiger partial charge on any atom is 0.330 e. The minimum absolute atomic E-state index is 0.0416. The second-order valence-electron chi connectivity index (χ2n) is 7.38. The van der Waals surface area contributed by atoms with Crippen LogP contribution in [0.4, 0.5) is 0 Å².